The molecule has 2 heterocycles. The molecule has 2 aromatic heterocycles. The second-order valence-corrected chi connectivity index (χ2v) is 9.18. The highest BCUT2D eigenvalue weighted by molar-refractivity contribution is 6.20. The van der Waals surface area contributed by atoms with Gasteiger partial charge in [-0.1, -0.05) is 61.9 Å². The van der Waals surface area contributed by atoms with E-state index >= 15 is 0 Å². The van der Waals surface area contributed by atoms with Crippen LogP contribution in [0.3, 0.4) is 0 Å². The van der Waals surface area contributed by atoms with Crippen molar-refractivity contribution >= 4 is 33.4 Å². The molecule has 0 saturated heterocycles. The Hall–Kier alpha value is -4.19. The minimum absolute atomic E-state index is 0.219. The first-order valence-electron chi connectivity index (χ1n) is 12.4. The van der Waals surface area contributed by atoms with Gasteiger partial charge in [0.05, 0.1) is 5.69 Å². The summed E-state index contributed by atoms with van der Waals surface area (Å²) in [5.74, 6) is -0.219. The summed E-state index contributed by atoms with van der Waals surface area (Å²) in [6, 6.07) is 23.5. The second kappa shape index (κ2) is 9.46. The van der Waals surface area contributed by atoms with Crippen LogP contribution in [0.5, 0.6) is 0 Å². The van der Waals surface area contributed by atoms with E-state index in [0.717, 1.165) is 35.0 Å². The number of para-hydroxylation sites is 1. The molecule has 0 aliphatic heterocycles. The van der Waals surface area contributed by atoms with Crippen LogP contribution in [0.1, 0.15) is 41.9 Å². The van der Waals surface area contributed by atoms with E-state index in [1.807, 2.05) is 79.2 Å². The van der Waals surface area contributed by atoms with Crippen LogP contribution in [-0.4, -0.2) is 26.8 Å². The fraction of sp³-hybridized carbons (Fsp3) is 0.233. The minimum atomic E-state index is -0.251. The number of hydrogen-bond donors (Lipinski definition) is 0. The quantitative estimate of drug-likeness (QED) is 0.310. The zero-order valence-electron chi connectivity index (χ0n) is 21.2. The summed E-state index contributed by atoms with van der Waals surface area (Å²) < 4.78 is 3.23. The number of rotatable bonds is 6. The molecule has 0 radical (unpaired) electrons. The first-order valence-corrected chi connectivity index (χ1v) is 12.4. The maximum absolute atomic E-state index is 14.2. The van der Waals surface area contributed by atoms with Crippen LogP contribution in [0, 0.1) is 6.92 Å². The van der Waals surface area contributed by atoms with Gasteiger partial charge in [0, 0.05) is 35.6 Å². The van der Waals surface area contributed by atoms with Crippen molar-refractivity contribution in [2.24, 2.45) is 7.05 Å². The van der Waals surface area contributed by atoms with Gasteiger partial charge in [0.2, 0.25) is 0 Å². The molecule has 0 unspecified atom stereocenters. The van der Waals surface area contributed by atoms with Crippen molar-refractivity contribution in [3.63, 3.8) is 0 Å². The molecule has 0 fully saturated rings. The Morgan fingerprint density at radius 2 is 1.64 bits per heavy atom. The predicted molar refractivity (Wildman–Crippen MR) is 146 cm³/mol. The maximum Gasteiger partial charge on any atom is 0.296 e. The molecule has 3 aromatic carbocycles. The number of carbonyl (C=O) groups excluding carboxylic acids is 1. The van der Waals surface area contributed by atoms with E-state index in [-0.39, 0.29) is 17.2 Å². The van der Waals surface area contributed by atoms with Gasteiger partial charge in [-0.3, -0.25) is 9.59 Å². The zero-order valence-corrected chi connectivity index (χ0v) is 21.2. The Bertz CT molecular complexity index is 1630. The molecule has 0 atom stereocenters. The second-order valence-electron chi connectivity index (χ2n) is 9.18. The number of hydrogen-bond acceptors (Lipinski definition) is 3. The third-order valence-corrected chi connectivity index (χ3v) is 6.77. The van der Waals surface area contributed by atoms with Crippen molar-refractivity contribution in [3.8, 4) is 5.69 Å². The molecule has 0 aliphatic rings. The lowest BCUT2D eigenvalue weighted by Gasteiger charge is -2.23. The Balaban J connectivity index is 1.80. The number of fused-ring (bicyclic) bond motifs is 3. The largest absolute Gasteiger partial charge is 0.339 e. The number of anilines is 1. The van der Waals surface area contributed by atoms with E-state index in [2.05, 4.69) is 26.0 Å². The Morgan fingerprint density at radius 1 is 0.944 bits per heavy atom. The summed E-state index contributed by atoms with van der Waals surface area (Å²) >= 11 is 0. The highest BCUT2D eigenvalue weighted by Crippen LogP contribution is 2.30. The lowest BCUT2D eigenvalue weighted by atomic mass is 10.1. The van der Waals surface area contributed by atoms with Gasteiger partial charge < -0.3 is 9.47 Å². The molecule has 6 heteroatoms. The van der Waals surface area contributed by atoms with Gasteiger partial charge in [0.25, 0.3) is 11.5 Å². The molecular formula is C30H30N4O2. The average molecular weight is 479 g/mol. The molecule has 36 heavy (non-hydrogen) atoms. The van der Waals surface area contributed by atoms with Crippen LogP contribution in [0.15, 0.2) is 77.6 Å². The first kappa shape index (κ1) is 23.5. The van der Waals surface area contributed by atoms with E-state index in [1.54, 1.807) is 4.90 Å². The number of nitrogens with zero attached hydrogens (tertiary/aromatic N) is 4. The summed E-state index contributed by atoms with van der Waals surface area (Å²) in [4.78, 5) is 29.8. The van der Waals surface area contributed by atoms with Crippen LogP contribution in [0.2, 0.25) is 0 Å². The molecule has 182 valence electrons. The number of amides is 1. The van der Waals surface area contributed by atoms with E-state index in [9.17, 15) is 9.59 Å². The van der Waals surface area contributed by atoms with Crippen LogP contribution < -0.4 is 10.5 Å². The fourth-order valence-corrected chi connectivity index (χ4v) is 4.80. The van der Waals surface area contributed by atoms with Crippen molar-refractivity contribution in [2.75, 3.05) is 11.4 Å². The van der Waals surface area contributed by atoms with Crippen molar-refractivity contribution < 1.29 is 4.79 Å². The van der Waals surface area contributed by atoms with Crippen LogP contribution in [-0.2, 0) is 13.5 Å². The Kier molecular flexibility index (Phi) is 6.18. The van der Waals surface area contributed by atoms with Crippen molar-refractivity contribution in [1.82, 2.24) is 14.3 Å². The lowest BCUT2D eigenvalue weighted by Crippen LogP contribution is -2.35. The normalized spacial score (nSPS) is 11.3. The Morgan fingerprint density at radius 3 is 2.31 bits per heavy atom. The highest BCUT2D eigenvalue weighted by atomic mass is 16.2. The molecule has 0 saturated carbocycles. The van der Waals surface area contributed by atoms with Gasteiger partial charge in [-0.15, -0.1) is 0 Å². The summed E-state index contributed by atoms with van der Waals surface area (Å²) in [7, 11) is 1.87. The highest BCUT2D eigenvalue weighted by Gasteiger charge is 2.27. The van der Waals surface area contributed by atoms with Crippen molar-refractivity contribution in [2.45, 2.75) is 33.6 Å². The summed E-state index contributed by atoms with van der Waals surface area (Å²) in [6.07, 6.45) is 1.72. The molecule has 0 N–H and O–H groups in total. The number of aromatic nitrogens is 3. The van der Waals surface area contributed by atoms with E-state index in [1.165, 1.54) is 10.2 Å². The van der Waals surface area contributed by atoms with Gasteiger partial charge >= 0.3 is 0 Å². The molecule has 5 aromatic rings. The fourth-order valence-electron chi connectivity index (χ4n) is 4.80. The average Bonchev–Trinajstić information content (AvgIpc) is 3.21. The van der Waals surface area contributed by atoms with Gasteiger partial charge in [0.15, 0.2) is 5.69 Å². The predicted octanol–water partition coefficient (Wildman–Crippen LogP) is 5.81. The van der Waals surface area contributed by atoms with E-state index in [4.69, 9.17) is 5.10 Å². The third kappa shape index (κ3) is 3.88. The Labute approximate surface area is 210 Å². The van der Waals surface area contributed by atoms with Crippen molar-refractivity contribution in [1.29, 1.82) is 0 Å². The monoisotopic (exact) mass is 478 g/mol. The van der Waals surface area contributed by atoms with Gasteiger partial charge in [-0.25, -0.2) is 0 Å². The molecule has 0 spiro atoms. The zero-order chi connectivity index (χ0) is 25.4. The first-order chi connectivity index (χ1) is 17.4. The number of aryl methyl sites for hydroxylation is 3. The van der Waals surface area contributed by atoms with Gasteiger partial charge in [0.1, 0.15) is 5.52 Å². The molecule has 0 aliphatic carbocycles. The van der Waals surface area contributed by atoms with Crippen LogP contribution in [0.4, 0.5) is 5.69 Å². The molecule has 6 nitrogen and oxygen atoms in total. The standard InChI is InChI=1S/C30H30N4O2/c1-5-19-33(22-17-13-21(6-2)14-18-22)29(35)27-26-24-9-7-8-10-25(24)32(4)28(26)30(36)34(31-27)23-15-11-20(3)12-16-23/h7-18H,5-6,19H2,1-4H3. The number of benzene rings is 3. The van der Waals surface area contributed by atoms with Crippen molar-refractivity contribution in [3.05, 3.63) is 100.0 Å². The smallest absolute Gasteiger partial charge is 0.296 e. The van der Waals surface area contributed by atoms with E-state index < -0.39 is 0 Å². The SMILES string of the molecule is CCCN(C(=O)c1nn(-c2ccc(C)cc2)c(=O)c2c1c1ccccc1n2C)c1ccc(CC)cc1. The molecule has 1 amide bonds. The summed E-state index contributed by atoms with van der Waals surface area (Å²) in [5, 5.41) is 6.17. The van der Waals surface area contributed by atoms with Gasteiger partial charge in [-0.05, 0) is 55.7 Å². The summed E-state index contributed by atoms with van der Waals surface area (Å²) in [5.41, 5.74) is 5.12. The minimum Gasteiger partial charge on any atom is -0.339 e. The molecule has 5 rings (SSSR count). The summed E-state index contributed by atoms with van der Waals surface area (Å²) in [6.45, 7) is 6.70. The topological polar surface area (TPSA) is 60.1 Å². The maximum atomic E-state index is 14.2. The number of carbonyl (C=O) groups is 1. The van der Waals surface area contributed by atoms with Gasteiger partial charge in [-0.2, -0.15) is 9.78 Å². The van der Waals surface area contributed by atoms with E-state index in [0.29, 0.717) is 23.1 Å². The molecule has 0 bridgehead atoms. The third-order valence-electron chi connectivity index (χ3n) is 6.77. The van der Waals surface area contributed by atoms with Crippen LogP contribution >= 0.6 is 0 Å². The van der Waals surface area contributed by atoms with Crippen LogP contribution in [0.25, 0.3) is 27.5 Å². The lowest BCUT2D eigenvalue weighted by molar-refractivity contribution is 0.0982. The molecular weight excluding hydrogens is 448 g/mol.